The number of nitrogens with one attached hydrogen (secondary N) is 1. The van der Waals surface area contributed by atoms with Crippen LogP contribution in [0.3, 0.4) is 0 Å². The number of anilines is 1. The van der Waals surface area contributed by atoms with E-state index in [-0.39, 0.29) is 10.6 Å². The fraction of sp³-hybridized carbons (Fsp3) is 0.0370. The fourth-order valence-corrected chi connectivity index (χ4v) is 5.23. The summed E-state index contributed by atoms with van der Waals surface area (Å²) in [5.41, 5.74) is 1.55. The van der Waals surface area contributed by atoms with Gasteiger partial charge in [0.15, 0.2) is 0 Å². The number of sulfonamides is 1. The highest BCUT2D eigenvalue weighted by Crippen LogP contribution is 2.46. The standard InChI is InChI=1S/C27H21NO4S/c1-32-25-16-15-18-9-5-6-12-20(18)26(25)23-17-24(21-13-7-8-14-22(21)27(23)29)28-33(30,31)19-10-3-2-4-11-19/h2-17,28-29H,1H3. The molecule has 33 heavy (non-hydrogen) atoms. The van der Waals surface area contributed by atoms with E-state index in [1.54, 1.807) is 61.7 Å². The second-order valence-electron chi connectivity index (χ2n) is 7.65. The first-order chi connectivity index (χ1) is 16.0. The molecule has 0 aliphatic heterocycles. The van der Waals surface area contributed by atoms with E-state index in [2.05, 4.69) is 4.72 Å². The predicted octanol–water partition coefficient (Wildman–Crippen LogP) is 6.18. The lowest BCUT2D eigenvalue weighted by Crippen LogP contribution is -2.13. The Morgan fingerprint density at radius 3 is 2.12 bits per heavy atom. The van der Waals surface area contributed by atoms with Gasteiger partial charge < -0.3 is 9.84 Å². The van der Waals surface area contributed by atoms with Crippen molar-refractivity contribution in [3.8, 4) is 22.6 Å². The monoisotopic (exact) mass is 455 g/mol. The first-order valence-corrected chi connectivity index (χ1v) is 11.9. The lowest BCUT2D eigenvalue weighted by atomic mass is 9.93. The number of aromatic hydroxyl groups is 1. The second-order valence-corrected chi connectivity index (χ2v) is 9.33. The van der Waals surface area contributed by atoms with Gasteiger partial charge in [-0.15, -0.1) is 0 Å². The van der Waals surface area contributed by atoms with Gasteiger partial charge in [-0.25, -0.2) is 8.42 Å². The van der Waals surface area contributed by atoms with Crippen molar-refractivity contribution >= 4 is 37.3 Å². The number of benzene rings is 5. The molecule has 0 atom stereocenters. The molecular weight excluding hydrogens is 434 g/mol. The van der Waals surface area contributed by atoms with Crippen molar-refractivity contribution in [2.24, 2.45) is 0 Å². The van der Waals surface area contributed by atoms with Crippen LogP contribution < -0.4 is 9.46 Å². The molecular formula is C27H21NO4S. The summed E-state index contributed by atoms with van der Waals surface area (Å²) in [6.45, 7) is 0. The van der Waals surface area contributed by atoms with Crippen molar-refractivity contribution in [2.45, 2.75) is 4.90 Å². The molecule has 6 heteroatoms. The van der Waals surface area contributed by atoms with Gasteiger partial charge in [0.05, 0.1) is 17.7 Å². The molecule has 0 unspecified atom stereocenters. The van der Waals surface area contributed by atoms with Gasteiger partial charge in [-0.2, -0.15) is 0 Å². The van der Waals surface area contributed by atoms with Gasteiger partial charge in [0.2, 0.25) is 0 Å². The summed E-state index contributed by atoms with van der Waals surface area (Å²) in [7, 11) is -2.26. The third-order valence-electron chi connectivity index (χ3n) is 5.69. The van der Waals surface area contributed by atoms with Crippen LogP contribution in [0.1, 0.15) is 0 Å². The van der Waals surface area contributed by atoms with Crippen LogP contribution in [-0.4, -0.2) is 20.6 Å². The Morgan fingerprint density at radius 1 is 0.758 bits per heavy atom. The zero-order valence-electron chi connectivity index (χ0n) is 17.8. The van der Waals surface area contributed by atoms with Gasteiger partial charge in [0, 0.05) is 21.9 Å². The molecule has 0 bridgehead atoms. The Morgan fingerprint density at radius 2 is 1.39 bits per heavy atom. The molecule has 5 aromatic rings. The molecule has 164 valence electrons. The smallest absolute Gasteiger partial charge is 0.261 e. The molecule has 2 N–H and O–H groups in total. The number of methoxy groups -OCH3 is 1. The minimum atomic E-state index is -3.84. The molecule has 0 radical (unpaired) electrons. The largest absolute Gasteiger partial charge is 0.507 e. The minimum absolute atomic E-state index is 0.0583. The number of rotatable bonds is 5. The Bertz CT molecular complexity index is 1600. The normalized spacial score (nSPS) is 11.5. The van der Waals surface area contributed by atoms with Crippen molar-refractivity contribution in [2.75, 3.05) is 11.8 Å². The highest BCUT2D eigenvalue weighted by atomic mass is 32.2. The molecule has 5 aromatic carbocycles. The number of ether oxygens (including phenoxy) is 1. The first kappa shape index (κ1) is 20.8. The van der Waals surface area contributed by atoms with Crippen molar-refractivity contribution < 1.29 is 18.3 Å². The molecule has 0 saturated carbocycles. The highest BCUT2D eigenvalue weighted by Gasteiger charge is 2.21. The minimum Gasteiger partial charge on any atom is -0.507 e. The van der Waals surface area contributed by atoms with Crippen LogP contribution in [-0.2, 0) is 10.0 Å². The number of phenolic OH excluding ortho intramolecular Hbond substituents is 1. The molecule has 5 nitrogen and oxygen atoms in total. The topological polar surface area (TPSA) is 75.6 Å². The average molecular weight is 456 g/mol. The van der Waals surface area contributed by atoms with Crippen LogP contribution in [0.25, 0.3) is 32.7 Å². The van der Waals surface area contributed by atoms with Crippen LogP contribution in [0.5, 0.6) is 11.5 Å². The quantitative estimate of drug-likeness (QED) is 0.311. The Hall–Kier alpha value is -4.03. The number of fused-ring (bicyclic) bond motifs is 2. The molecule has 0 amide bonds. The van der Waals surface area contributed by atoms with Gasteiger partial charge in [-0.3, -0.25) is 4.72 Å². The van der Waals surface area contributed by atoms with Gasteiger partial charge in [-0.05, 0) is 35.0 Å². The van der Waals surface area contributed by atoms with E-state index in [0.29, 0.717) is 33.3 Å². The molecule has 0 saturated heterocycles. The summed E-state index contributed by atoms with van der Waals surface area (Å²) in [5.74, 6) is 0.638. The highest BCUT2D eigenvalue weighted by molar-refractivity contribution is 7.92. The zero-order valence-corrected chi connectivity index (χ0v) is 18.6. The maximum absolute atomic E-state index is 13.1. The molecule has 0 spiro atoms. The molecule has 5 rings (SSSR count). The van der Waals surface area contributed by atoms with Gasteiger partial charge in [0.1, 0.15) is 11.5 Å². The molecule has 0 heterocycles. The summed E-state index contributed by atoms with van der Waals surface area (Å²) in [4.78, 5) is 0.159. The number of hydrogen-bond acceptors (Lipinski definition) is 4. The fourth-order valence-electron chi connectivity index (χ4n) is 4.14. The van der Waals surface area contributed by atoms with Crippen molar-refractivity contribution in [1.29, 1.82) is 0 Å². The zero-order chi connectivity index (χ0) is 23.0. The Labute approximate surface area is 191 Å². The van der Waals surface area contributed by atoms with Crippen LogP contribution in [0.2, 0.25) is 0 Å². The lowest BCUT2D eigenvalue weighted by molar-refractivity contribution is 0.416. The van der Waals surface area contributed by atoms with E-state index in [4.69, 9.17) is 4.74 Å². The first-order valence-electron chi connectivity index (χ1n) is 10.4. The average Bonchev–Trinajstić information content (AvgIpc) is 2.85. The van der Waals surface area contributed by atoms with E-state index in [9.17, 15) is 13.5 Å². The number of phenols is 1. The third-order valence-corrected chi connectivity index (χ3v) is 7.08. The van der Waals surface area contributed by atoms with E-state index >= 15 is 0 Å². The second kappa shape index (κ2) is 8.15. The summed E-state index contributed by atoms with van der Waals surface area (Å²) in [5, 5.41) is 14.3. The van der Waals surface area contributed by atoms with Gasteiger partial charge in [-0.1, -0.05) is 72.8 Å². The molecule has 0 aliphatic carbocycles. The lowest BCUT2D eigenvalue weighted by Gasteiger charge is -2.18. The third kappa shape index (κ3) is 3.64. The maximum Gasteiger partial charge on any atom is 0.261 e. The molecule has 0 aromatic heterocycles. The summed E-state index contributed by atoms with van der Waals surface area (Å²) in [6.07, 6.45) is 0. The van der Waals surface area contributed by atoms with Crippen LogP contribution in [0.4, 0.5) is 5.69 Å². The van der Waals surface area contributed by atoms with Gasteiger partial charge in [0.25, 0.3) is 10.0 Å². The Balaban J connectivity index is 1.80. The molecule has 0 fully saturated rings. The summed E-state index contributed by atoms with van der Waals surface area (Å²) < 4.78 is 34.6. The summed E-state index contributed by atoms with van der Waals surface area (Å²) >= 11 is 0. The van der Waals surface area contributed by atoms with E-state index < -0.39 is 10.0 Å². The van der Waals surface area contributed by atoms with Crippen molar-refractivity contribution in [3.05, 3.63) is 97.1 Å². The maximum atomic E-state index is 13.1. The van der Waals surface area contributed by atoms with Crippen LogP contribution in [0, 0.1) is 0 Å². The Kier molecular flexibility index (Phi) is 5.15. The summed E-state index contributed by atoms with van der Waals surface area (Å²) in [6, 6.07) is 28.6. The van der Waals surface area contributed by atoms with Crippen molar-refractivity contribution in [3.63, 3.8) is 0 Å². The van der Waals surface area contributed by atoms with E-state index in [1.165, 1.54) is 0 Å². The van der Waals surface area contributed by atoms with Crippen LogP contribution >= 0.6 is 0 Å². The molecule has 0 aliphatic rings. The van der Waals surface area contributed by atoms with E-state index in [0.717, 1.165) is 10.8 Å². The predicted molar refractivity (Wildman–Crippen MR) is 132 cm³/mol. The van der Waals surface area contributed by atoms with E-state index in [1.807, 2.05) is 42.5 Å². The SMILES string of the molecule is COc1ccc2ccccc2c1-c1cc(NS(=O)(=O)c2ccccc2)c2ccccc2c1O. The van der Waals surface area contributed by atoms with Crippen LogP contribution in [0.15, 0.2) is 102 Å². The van der Waals surface area contributed by atoms with Gasteiger partial charge >= 0.3 is 0 Å². The van der Waals surface area contributed by atoms with Crippen molar-refractivity contribution in [1.82, 2.24) is 0 Å². The number of hydrogen-bond donors (Lipinski definition) is 2.